The van der Waals surface area contributed by atoms with E-state index in [0.717, 1.165) is 5.56 Å². The lowest BCUT2D eigenvalue weighted by atomic mass is 10.1. The number of nitrogens with zero attached hydrogens (tertiary/aromatic N) is 1. The van der Waals surface area contributed by atoms with Crippen LogP contribution in [0.25, 0.3) is 0 Å². The fourth-order valence-electron chi connectivity index (χ4n) is 2.14. The van der Waals surface area contributed by atoms with Gasteiger partial charge in [-0.05, 0) is 26.1 Å². The lowest BCUT2D eigenvalue weighted by molar-refractivity contribution is -0.120. The monoisotopic (exact) mass is 275 g/mol. The van der Waals surface area contributed by atoms with Crippen molar-refractivity contribution in [1.29, 1.82) is 0 Å². The van der Waals surface area contributed by atoms with Crippen LogP contribution in [0.3, 0.4) is 0 Å². The standard InChI is InChI=1S/C14H17N3O3/c1-9-3-4-10-11(7-9)14(20)17(13(10)19)6-5-16-12(18)8-15-2/h3-4,7,15H,5-6,8H2,1-2H3,(H,16,18). The van der Waals surface area contributed by atoms with Crippen LogP contribution in [-0.2, 0) is 4.79 Å². The number of benzene rings is 1. The smallest absolute Gasteiger partial charge is 0.261 e. The van der Waals surface area contributed by atoms with Crippen LogP contribution in [0, 0.1) is 6.92 Å². The van der Waals surface area contributed by atoms with Gasteiger partial charge in [-0.3, -0.25) is 19.3 Å². The molecule has 0 aliphatic carbocycles. The van der Waals surface area contributed by atoms with E-state index in [9.17, 15) is 14.4 Å². The molecule has 20 heavy (non-hydrogen) atoms. The Labute approximate surface area is 117 Å². The summed E-state index contributed by atoms with van der Waals surface area (Å²) >= 11 is 0. The van der Waals surface area contributed by atoms with Gasteiger partial charge in [0.2, 0.25) is 5.91 Å². The minimum atomic E-state index is -0.298. The Kier molecular flexibility index (Phi) is 4.14. The van der Waals surface area contributed by atoms with Crippen molar-refractivity contribution in [3.05, 3.63) is 34.9 Å². The quantitative estimate of drug-likeness (QED) is 0.737. The third-order valence-electron chi connectivity index (χ3n) is 3.12. The van der Waals surface area contributed by atoms with Crippen LogP contribution in [0.15, 0.2) is 18.2 Å². The van der Waals surface area contributed by atoms with Gasteiger partial charge < -0.3 is 10.6 Å². The topological polar surface area (TPSA) is 78.5 Å². The van der Waals surface area contributed by atoms with Gasteiger partial charge in [0.1, 0.15) is 0 Å². The summed E-state index contributed by atoms with van der Waals surface area (Å²) in [5.41, 5.74) is 1.81. The molecule has 0 atom stereocenters. The number of carbonyl (C=O) groups excluding carboxylic acids is 3. The van der Waals surface area contributed by atoms with Gasteiger partial charge in [0.05, 0.1) is 17.7 Å². The number of hydrogen-bond donors (Lipinski definition) is 2. The van der Waals surface area contributed by atoms with Gasteiger partial charge in [-0.25, -0.2) is 0 Å². The molecule has 1 aromatic rings. The molecule has 1 aromatic carbocycles. The minimum absolute atomic E-state index is 0.167. The zero-order chi connectivity index (χ0) is 14.7. The first-order valence-electron chi connectivity index (χ1n) is 6.42. The van der Waals surface area contributed by atoms with E-state index in [1.54, 1.807) is 19.2 Å². The molecule has 106 valence electrons. The van der Waals surface area contributed by atoms with Crippen molar-refractivity contribution < 1.29 is 14.4 Å². The molecule has 0 fully saturated rings. The van der Waals surface area contributed by atoms with Gasteiger partial charge in [-0.1, -0.05) is 11.6 Å². The molecule has 0 unspecified atom stereocenters. The second kappa shape index (κ2) is 5.83. The summed E-state index contributed by atoms with van der Waals surface area (Å²) in [6.07, 6.45) is 0. The van der Waals surface area contributed by atoms with Crippen molar-refractivity contribution in [1.82, 2.24) is 15.5 Å². The molecule has 0 bridgehead atoms. The highest BCUT2D eigenvalue weighted by molar-refractivity contribution is 6.21. The molecule has 6 nitrogen and oxygen atoms in total. The molecule has 2 rings (SSSR count). The van der Waals surface area contributed by atoms with Gasteiger partial charge in [-0.2, -0.15) is 0 Å². The molecule has 0 aromatic heterocycles. The van der Waals surface area contributed by atoms with E-state index < -0.39 is 0 Å². The van der Waals surface area contributed by atoms with Crippen molar-refractivity contribution in [3.63, 3.8) is 0 Å². The van der Waals surface area contributed by atoms with E-state index in [0.29, 0.717) is 11.1 Å². The van der Waals surface area contributed by atoms with E-state index in [-0.39, 0.29) is 37.4 Å². The number of carbonyl (C=O) groups is 3. The predicted octanol–water partition coefficient (Wildman–Crippen LogP) is -0.0734. The molecule has 1 heterocycles. The lowest BCUT2D eigenvalue weighted by Gasteiger charge is -2.14. The zero-order valence-electron chi connectivity index (χ0n) is 11.5. The molecule has 0 spiro atoms. The summed E-state index contributed by atoms with van der Waals surface area (Å²) in [6, 6.07) is 5.20. The molecule has 0 saturated carbocycles. The number of nitrogens with one attached hydrogen (secondary N) is 2. The van der Waals surface area contributed by atoms with E-state index in [2.05, 4.69) is 10.6 Å². The van der Waals surface area contributed by atoms with Crippen molar-refractivity contribution in [2.45, 2.75) is 6.92 Å². The molecular formula is C14H17N3O3. The maximum atomic E-state index is 12.1. The number of fused-ring (bicyclic) bond motifs is 1. The predicted molar refractivity (Wildman–Crippen MR) is 73.5 cm³/mol. The summed E-state index contributed by atoms with van der Waals surface area (Å²) in [4.78, 5) is 36.7. The van der Waals surface area contributed by atoms with Gasteiger partial charge in [0.15, 0.2) is 0 Å². The summed E-state index contributed by atoms with van der Waals surface area (Å²) in [6.45, 7) is 2.52. The Morgan fingerprint density at radius 1 is 1.20 bits per heavy atom. The zero-order valence-corrected chi connectivity index (χ0v) is 11.5. The fraction of sp³-hybridized carbons (Fsp3) is 0.357. The van der Waals surface area contributed by atoms with Crippen molar-refractivity contribution in [3.8, 4) is 0 Å². The molecule has 0 radical (unpaired) electrons. The third-order valence-corrected chi connectivity index (χ3v) is 3.12. The number of rotatable bonds is 5. The molecule has 6 heteroatoms. The SMILES string of the molecule is CNCC(=O)NCCN1C(=O)c2ccc(C)cc2C1=O. The first-order chi connectivity index (χ1) is 9.54. The minimum Gasteiger partial charge on any atom is -0.353 e. The third kappa shape index (κ3) is 2.70. The highest BCUT2D eigenvalue weighted by Crippen LogP contribution is 2.23. The molecule has 3 amide bonds. The molecular weight excluding hydrogens is 258 g/mol. The van der Waals surface area contributed by atoms with Crippen LogP contribution in [0.5, 0.6) is 0 Å². The number of imide groups is 1. The first-order valence-corrected chi connectivity index (χ1v) is 6.42. The lowest BCUT2D eigenvalue weighted by Crippen LogP contribution is -2.40. The number of likely N-dealkylation sites (N-methyl/N-ethyl adjacent to an activating group) is 1. The first kappa shape index (κ1) is 14.2. The Hall–Kier alpha value is -2.21. The maximum Gasteiger partial charge on any atom is 0.261 e. The van der Waals surface area contributed by atoms with E-state index in [4.69, 9.17) is 0 Å². The largest absolute Gasteiger partial charge is 0.353 e. The van der Waals surface area contributed by atoms with E-state index >= 15 is 0 Å². The average Bonchev–Trinajstić information content (AvgIpc) is 2.63. The molecule has 2 N–H and O–H groups in total. The van der Waals surface area contributed by atoms with Crippen molar-refractivity contribution in [2.24, 2.45) is 0 Å². The summed E-state index contributed by atoms with van der Waals surface area (Å²) in [5, 5.41) is 5.37. The summed E-state index contributed by atoms with van der Waals surface area (Å²) < 4.78 is 0. The van der Waals surface area contributed by atoms with Crippen LogP contribution in [0.2, 0.25) is 0 Å². The van der Waals surface area contributed by atoms with Gasteiger partial charge in [0.25, 0.3) is 11.8 Å². The Bertz CT molecular complexity index is 569. The Morgan fingerprint density at radius 3 is 2.60 bits per heavy atom. The Morgan fingerprint density at radius 2 is 1.90 bits per heavy atom. The highest BCUT2D eigenvalue weighted by atomic mass is 16.2. The molecule has 1 aliphatic heterocycles. The summed E-state index contributed by atoms with van der Waals surface area (Å²) in [5.74, 6) is -0.760. The normalized spacial score (nSPS) is 13.6. The summed E-state index contributed by atoms with van der Waals surface area (Å²) in [7, 11) is 1.67. The second-order valence-corrected chi connectivity index (χ2v) is 4.69. The van der Waals surface area contributed by atoms with Crippen molar-refractivity contribution >= 4 is 17.7 Å². The highest BCUT2D eigenvalue weighted by Gasteiger charge is 2.34. The Balaban J connectivity index is 2.00. The fourth-order valence-corrected chi connectivity index (χ4v) is 2.14. The second-order valence-electron chi connectivity index (χ2n) is 4.69. The molecule has 1 aliphatic rings. The van der Waals surface area contributed by atoms with E-state index in [1.165, 1.54) is 4.90 Å². The number of hydrogen-bond acceptors (Lipinski definition) is 4. The number of amides is 3. The van der Waals surface area contributed by atoms with Crippen LogP contribution < -0.4 is 10.6 Å². The van der Waals surface area contributed by atoms with Gasteiger partial charge in [-0.15, -0.1) is 0 Å². The van der Waals surface area contributed by atoms with Crippen LogP contribution in [-0.4, -0.2) is 49.3 Å². The van der Waals surface area contributed by atoms with E-state index in [1.807, 2.05) is 13.0 Å². The van der Waals surface area contributed by atoms with Crippen LogP contribution in [0.4, 0.5) is 0 Å². The van der Waals surface area contributed by atoms with Crippen molar-refractivity contribution in [2.75, 3.05) is 26.7 Å². The number of aryl methyl sites for hydroxylation is 1. The van der Waals surface area contributed by atoms with Gasteiger partial charge in [0, 0.05) is 13.1 Å². The average molecular weight is 275 g/mol. The van der Waals surface area contributed by atoms with Crippen LogP contribution in [0.1, 0.15) is 26.3 Å². The van der Waals surface area contributed by atoms with Crippen LogP contribution >= 0.6 is 0 Å². The maximum absolute atomic E-state index is 12.1. The molecule has 0 saturated heterocycles. The van der Waals surface area contributed by atoms with Gasteiger partial charge >= 0.3 is 0 Å².